The predicted octanol–water partition coefficient (Wildman–Crippen LogP) is 3.09. The van der Waals surface area contributed by atoms with E-state index >= 15 is 0 Å². The summed E-state index contributed by atoms with van der Waals surface area (Å²) in [5.41, 5.74) is -0.654. The molecule has 3 heterocycles. The topological polar surface area (TPSA) is 87.5 Å². The third-order valence-corrected chi connectivity index (χ3v) is 8.32. The van der Waals surface area contributed by atoms with Gasteiger partial charge in [0.05, 0.1) is 17.1 Å². The SMILES string of the molecule is C=CC(=O)N1CCN(c2nc(=O)n3c4c(c(-c5ccc(F)cc5F)c(Cl)cc24)SCC3)CC1(C=O)CNC. The average molecular weight is 560 g/mol. The number of aromatic nitrogens is 2. The molecule has 0 bridgehead atoms. The summed E-state index contributed by atoms with van der Waals surface area (Å²) in [6.07, 6.45) is 1.90. The number of aryl methyl sites for hydroxylation is 1. The maximum Gasteiger partial charge on any atom is 0.350 e. The summed E-state index contributed by atoms with van der Waals surface area (Å²) in [5, 5.41) is 3.77. The third kappa shape index (κ3) is 4.18. The van der Waals surface area contributed by atoms with Crippen LogP contribution in [0.25, 0.3) is 22.0 Å². The molecule has 0 saturated carbocycles. The van der Waals surface area contributed by atoms with Crippen LogP contribution in [0.1, 0.15) is 0 Å². The van der Waals surface area contributed by atoms with Gasteiger partial charge in [-0.2, -0.15) is 4.98 Å². The number of benzene rings is 2. The lowest BCUT2D eigenvalue weighted by Gasteiger charge is -2.48. The maximum atomic E-state index is 14.9. The lowest BCUT2D eigenvalue weighted by Crippen LogP contribution is -2.68. The number of hydrogen-bond donors (Lipinski definition) is 1. The predicted molar refractivity (Wildman–Crippen MR) is 144 cm³/mol. The number of carbonyl (C=O) groups excluding carboxylic acids is 2. The number of halogens is 3. The molecule has 3 aromatic rings. The molecule has 0 aliphatic carbocycles. The molecule has 1 N–H and O–H groups in total. The van der Waals surface area contributed by atoms with Crippen LogP contribution >= 0.6 is 23.4 Å². The molecule has 198 valence electrons. The molecule has 1 saturated heterocycles. The number of carbonyl (C=O) groups is 2. The zero-order valence-corrected chi connectivity index (χ0v) is 22.0. The van der Waals surface area contributed by atoms with E-state index in [0.717, 1.165) is 18.4 Å². The first-order valence-electron chi connectivity index (χ1n) is 11.9. The minimum atomic E-state index is -1.23. The highest BCUT2D eigenvalue weighted by Gasteiger charge is 2.44. The Kier molecular flexibility index (Phi) is 7.01. The second-order valence-corrected chi connectivity index (χ2v) is 10.7. The van der Waals surface area contributed by atoms with E-state index in [1.807, 2.05) is 0 Å². The smallest absolute Gasteiger partial charge is 0.350 e. The first kappa shape index (κ1) is 26.3. The molecule has 0 spiro atoms. The van der Waals surface area contributed by atoms with Crippen LogP contribution in [0.5, 0.6) is 0 Å². The monoisotopic (exact) mass is 559 g/mol. The Hall–Kier alpha value is -3.28. The molecule has 2 aliphatic rings. The molecule has 5 rings (SSSR count). The van der Waals surface area contributed by atoms with Gasteiger partial charge in [0.25, 0.3) is 0 Å². The van der Waals surface area contributed by atoms with Gasteiger partial charge in [0.1, 0.15) is 29.3 Å². The highest BCUT2D eigenvalue weighted by molar-refractivity contribution is 7.99. The molecule has 0 radical (unpaired) electrons. The summed E-state index contributed by atoms with van der Waals surface area (Å²) >= 11 is 8.17. The largest absolute Gasteiger partial charge is 0.351 e. The Morgan fingerprint density at radius 2 is 2.08 bits per heavy atom. The molecule has 1 aromatic heterocycles. The Labute approximate surface area is 226 Å². The van der Waals surface area contributed by atoms with Crippen molar-refractivity contribution in [3.63, 3.8) is 0 Å². The van der Waals surface area contributed by atoms with Crippen LogP contribution in [0.3, 0.4) is 0 Å². The second-order valence-electron chi connectivity index (χ2n) is 9.17. The first-order valence-corrected chi connectivity index (χ1v) is 13.3. The first-order chi connectivity index (χ1) is 18.2. The number of piperazine rings is 1. The molecule has 1 unspecified atom stereocenters. The zero-order chi connectivity index (χ0) is 27.2. The fourth-order valence-electron chi connectivity index (χ4n) is 5.29. The highest BCUT2D eigenvalue weighted by Crippen LogP contribution is 2.46. The molecular formula is C26H24ClF2N5O3S. The van der Waals surface area contributed by atoms with Crippen molar-refractivity contribution in [3.8, 4) is 11.1 Å². The van der Waals surface area contributed by atoms with Crippen molar-refractivity contribution in [1.82, 2.24) is 19.8 Å². The molecule has 2 aromatic carbocycles. The third-order valence-electron chi connectivity index (χ3n) is 6.95. The Morgan fingerprint density at radius 1 is 1.29 bits per heavy atom. The van der Waals surface area contributed by atoms with Crippen LogP contribution in [0.4, 0.5) is 14.6 Å². The summed E-state index contributed by atoms with van der Waals surface area (Å²) in [7, 11) is 1.68. The molecular weight excluding hydrogens is 536 g/mol. The van der Waals surface area contributed by atoms with Gasteiger partial charge in [-0.25, -0.2) is 13.6 Å². The van der Waals surface area contributed by atoms with E-state index in [-0.39, 0.29) is 36.1 Å². The van der Waals surface area contributed by atoms with E-state index in [9.17, 15) is 23.2 Å². The van der Waals surface area contributed by atoms with Gasteiger partial charge in [-0.1, -0.05) is 18.2 Å². The lowest BCUT2D eigenvalue weighted by molar-refractivity contribution is -0.138. The van der Waals surface area contributed by atoms with Gasteiger partial charge in [0.15, 0.2) is 0 Å². The van der Waals surface area contributed by atoms with E-state index in [2.05, 4.69) is 16.9 Å². The summed E-state index contributed by atoms with van der Waals surface area (Å²) < 4.78 is 30.0. The van der Waals surface area contributed by atoms with Crippen LogP contribution in [-0.2, 0) is 16.1 Å². The molecule has 12 heteroatoms. The Bertz CT molecular complexity index is 1550. The van der Waals surface area contributed by atoms with Crippen LogP contribution < -0.4 is 15.9 Å². The Balaban J connectivity index is 1.72. The summed E-state index contributed by atoms with van der Waals surface area (Å²) in [5.74, 6) is -0.976. The van der Waals surface area contributed by atoms with Crippen molar-refractivity contribution in [2.75, 3.05) is 43.9 Å². The van der Waals surface area contributed by atoms with Crippen LogP contribution in [0.2, 0.25) is 5.02 Å². The number of nitrogens with one attached hydrogen (secondary N) is 1. The normalized spacial score (nSPS) is 19.1. The van der Waals surface area contributed by atoms with E-state index in [1.165, 1.54) is 33.4 Å². The van der Waals surface area contributed by atoms with Crippen molar-refractivity contribution in [1.29, 1.82) is 0 Å². The van der Waals surface area contributed by atoms with Crippen molar-refractivity contribution in [3.05, 3.63) is 64.1 Å². The zero-order valence-electron chi connectivity index (χ0n) is 20.5. The number of rotatable bonds is 6. The van der Waals surface area contributed by atoms with Crippen LogP contribution in [-0.4, -0.2) is 71.2 Å². The van der Waals surface area contributed by atoms with Gasteiger partial charge < -0.3 is 19.9 Å². The molecule has 1 atom stereocenters. The van der Waals surface area contributed by atoms with Gasteiger partial charge in [0, 0.05) is 59.4 Å². The second kappa shape index (κ2) is 10.1. The molecule has 1 fully saturated rings. The quantitative estimate of drug-likeness (QED) is 0.367. The van der Waals surface area contributed by atoms with Gasteiger partial charge >= 0.3 is 5.69 Å². The van der Waals surface area contributed by atoms with Crippen LogP contribution in [0.15, 0.2) is 46.6 Å². The fourth-order valence-corrected chi connectivity index (χ4v) is 6.85. The van der Waals surface area contributed by atoms with Crippen molar-refractivity contribution < 1.29 is 18.4 Å². The number of nitrogens with zero attached hydrogens (tertiary/aromatic N) is 4. The number of anilines is 1. The van der Waals surface area contributed by atoms with E-state index in [0.29, 0.717) is 46.0 Å². The minimum Gasteiger partial charge on any atom is -0.351 e. The highest BCUT2D eigenvalue weighted by atomic mass is 35.5. The Morgan fingerprint density at radius 3 is 2.76 bits per heavy atom. The van der Waals surface area contributed by atoms with Gasteiger partial charge in [-0.3, -0.25) is 9.36 Å². The molecule has 1 amide bonds. The van der Waals surface area contributed by atoms with Crippen molar-refractivity contribution >= 4 is 52.3 Å². The van der Waals surface area contributed by atoms with E-state index < -0.39 is 22.9 Å². The fraction of sp³-hybridized carbons (Fsp3) is 0.308. The molecule has 8 nitrogen and oxygen atoms in total. The standard InChI is InChI=1S/C26H24ClF2N5O3S/c1-3-20(36)34-7-6-32(13-26(34,14-35)12-30-2)24-17-11-18(27)21(16-5-4-15(28)10-19(16)29)23-22(17)33(8-9-38-23)25(37)31-24/h3-5,10-11,14,30H,1,6-9,12-13H2,2H3. The summed E-state index contributed by atoms with van der Waals surface area (Å²) in [6, 6.07) is 4.92. The van der Waals surface area contributed by atoms with Gasteiger partial charge in [-0.05, 0) is 31.3 Å². The minimum absolute atomic E-state index is 0.0803. The number of thioether (sulfide) groups is 1. The van der Waals surface area contributed by atoms with Gasteiger partial charge in [0.2, 0.25) is 5.91 Å². The maximum absolute atomic E-state index is 14.9. The van der Waals surface area contributed by atoms with Crippen molar-refractivity contribution in [2.24, 2.45) is 0 Å². The summed E-state index contributed by atoms with van der Waals surface area (Å²) in [6.45, 7) is 4.71. The number of likely N-dealkylation sites (N-methyl/N-ethyl adjacent to an activating group) is 1. The van der Waals surface area contributed by atoms with E-state index in [1.54, 1.807) is 18.0 Å². The molecule has 2 aliphatic heterocycles. The van der Waals surface area contributed by atoms with E-state index in [4.69, 9.17) is 11.6 Å². The van der Waals surface area contributed by atoms with Gasteiger partial charge in [-0.15, -0.1) is 11.8 Å². The number of hydrogen-bond acceptors (Lipinski definition) is 7. The van der Waals surface area contributed by atoms with Crippen LogP contribution in [0, 0.1) is 11.6 Å². The number of aldehydes is 1. The molecule has 38 heavy (non-hydrogen) atoms. The van der Waals surface area contributed by atoms with Crippen molar-refractivity contribution in [2.45, 2.75) is 17.0 Å². The summed E-state index contributed by atoms with van der Waals surface area (Å²) in [4.78, 5) is 46.5. The lowest BCUT2D eigenvalue weighted by atomic mass is 9.94. The number of amides is 1. The average Bonchev–Trinajstić information content (AvgIpc) is 2.91.